The molecule has 2 aromatic heterocycles. The van der Waals surface area contributed by atoms with Crippen LogP contribution < -0.4 is 15.7 Å². The van der Waals surface area contributed by atoms with E-state index in [1.54, 1.807) is 24.6 Å². The summed E-state index contributed by atoms with van der Waals surface area (Å²) in [6.45, 7) is -0.387. The van der Waals surface area contributed by atoms with E-state index in [1.807, 2.05) is 6.07 Å². The molecule has 2 saturated heterocycles. The molecule has 2 aromatic rings. The maximum Gasteiger partial charge on any atom is 0.246 e. The first-order chi connectivity index (χ1) is 14.1. The van der Waals surface area contributed by atoms with Gasteiger partial charge in [-0.2, -0.15) is 0 Å². The average Bonchev–Trinajstić information content (AvgIpc) is 3.42. The molecule has 0 spiro atoms. The summed E-state index contributed by atoms with van der Waals surface area (Å²) in [5.74, 6) is -0.778. The Labute approximate surface area is 165 Å². The summed E-state index contributed by atoms with van der Waals surface area (Å²) in [5.41, 5.74) is 0.650. The van der Waals surface area contributed by atoms with Crippen LogP contribution in [0.1, 0.15) is 0 Å². The number of carbonyl (C=O) groups is 2. The van der Waals surface area contributed by atoms with Crippen molar-refractivity contribution in [2.24, 2.45) is 0 Å². The lowest BCUT2D eigenvalue weighted by Gasteiger charge is -2.18. The summed E-state index contributed by atoms with van der Waals surface area (Å²) in [5, 5.41) is 16.3. The molecule has 0 aromatic carbocycles. The van der Waals surface area contributed by atoms with E-state index in [-0.39, 0.29) is 37.5 Å². The summed E-state index contributed by atoms with van der Waals surface area (Å²) in [7, 11) is 0. The third kappa shape index (κ3) is 4.53. The van der Waals surface area contributed by atoms with E-state index in [2.05, 4.69) is 20.6 Å². The van der Waals surface area contributed by atoms with Gasteiger partial charge in [-0.25, -0.2) is 9.97 Å². The minimum absolute atomic E-state index is 0.192. The Bertz CT molecular complexity index is 860. The molecule has 2 aliphatic heterocycles. The topological polar surface area (TPSA) is 148 Å². The van der Waals surface area contributed by atoms with Crippen LogP contribution in [0.3, 0.4) is 0 Å². The average molecular weight is 403 g/mol. The predicted molar refractivity (Wildman–Crippen MR) is 94.4 cm³/mol. The zero-order valence-corrected chi connectivity index (χ0v) is 15.3. The fourth-order valence-corrected chi connectivity index (χ4v) is 3.38. The van der Waals surface area contributed by atoms with Gasteiger partial charge in [0.1, 0.15) is 24.5 Å². The standard InChI is InChI=1S/C18H20N4O7/c23-14(8-26-9-15(24)25)20-11-6-28-17-12(7-29-16(11)17)22-18-19-4-3-10(21-18)13-2-1-5-27-13/h1-5,11-12,16-17H,6-9H2,(H,20,23)(H,24,25)(H,19,21,22)/p-1/t11-,12-,16+,17+/m0/s1. The van der Waals surface area contributed by atoms with Gasteiger partial charge in [0, 0.05) is 6.20 Å². The number of nitrogens with one attached hydrogen (secondary N) is 2. The first-order valence-corrected chi connectivity index (χ1v) is 9.04. The third-order valence-electron chi connectivity index (χ3n) is 4.60. The molecular weight excluding hydrogens is 384 g/mol. The van der Waals surface area contributed by atoms with Gasteiger partial charge in [-0.15, -0.1) is 0 Å². The number of nitrogens with zero attached hydrogens (tertiary/aromatic N) is 2. The molecule has 0 bridgehead atoms. The van der Waals surface area contributed by atoms with Crippen LogP contribution >= 0.6 is 0 Å². The number of fused-ring (bicyclic) bond motifs is 1. The number of aromatic nitrogens is 2. The molecule has 1 amide bonds. The number of carbonyl (C=O) groups excluding carboxylic acids is 2. The number of hydrogen-bond acceptors (Lipinski definition) is 10. The van der Waals surface area contributed by atoms with Gasteiger partial charge in [-0.1, -0.05) is 0 Å². The molecule has 4 rings (SSSR count). The summed E-state index contributed by atoms with van der Waals surface area (Å²) >= 11 is 0. The monoisotopic (exact) mass is 403 g/mol. The van der Waals surface area contributed by atoms with Crippen molar-refractivity contribution in [3.8, 4) is 11.5 Å². The molecule has 154 valence electrons. The van der Waals surface area contributed by atoms with Crippen LogP contribution in [0.15, 0.2) is 35.1 Å². The van der Waals surface area contributed by atoms with Crippen LogP contribution in [0.5, 0.6) is 0 Å². The van der Waals surface area contributed by atoms with Gasteiger partial charge in [0.25, 0.3) is 0 Å². The molecule has 2 aliphatic rings. The van der Waals surface area contributed by atoms with Crippen molar-refractivity contribution < 1.29 is 33.3 Å². The molecule has 0 radical (unpaired) electrons. The molecule has 11 heteroatoms. The van der Waals surface area contributed by atoms with Crippen LogP contribution in [0.2, 0.25) is 0 Å². The predicted octanol–water partition coefficient (Wildman–Crippen LogP) is -1.43. The zero-order chi connectivity index (χ0) is 20.2. The van der Waals surface area contributed by atoms with Crippen molar-refractivity contribution in [1.29, 1.82) is 0 Å². The Morgan fingerprint density at radius 3 is 2.72 bits per heavy atom. The van der Waals surface area contributed by atoms with E-state index in [9.17, 15) is 14.7 Å². The molecule has 29 heavy (non-hydrogen) atoms. The number of aliphatic carboxylic acids is 1. The van der Waals surface area contributed by atoms with E-state index in [0.29, 0.717) is 24.0 Å². The number of rotatable bonds is 8. The molecule has 0 aliphatic carbocycles. The maximum atomic E-state index is 11.9. The van der Waals surface area contributed by atoms with Gasteiger partial charge in [0.05, 0.1) is 44.1 Å². The highest BCUT2D eigenvalue weighted by molar-refractivity contribution is 5.78. The number of carboxylic acids is 1. The molecule has 2 fully saturated rings. The lowest BCUT2D eigenvalue weighted by molar-refractivity contribution is -0.309. The van der Waals surface area contributed by atoms with Gasteiger partial charge in [0.2, 0.25) is 11.9 Å². The van der Waals surface area contributed by atoms with Crippen molar-refractivity contribution in [3.05, 3.63) is 30.7 Å². The lowest BCUT2D eigenvalue weighted by atomic mass is 10.1. The number of amides is 1. The van der Waals surface area contributed by atoms with E-state index in [1.165, 1.54) is 0 Å². The second-order valence-corrected chi connectivity index (χ2v) is 6.63. The second-order valence-electron chi connectivity index (χ2n) is 6.63. The summed E-state index contributed by atoms with van der Waals surface area (Å²) in [6.07, 6.45) is 2.57. The minimum Gasteiger partial charge on any atom is -0.548 e. The fraction of sp³-hybridized carbons (Fsp3) is 0.444. The Morgan fingerprint density at radius 2 is 1.97 bits per heavy atom. The molecule has 4 atom stereocenters. The smallest absolute Gasteiger partial charge is 0.246 e. The zero-order valence-electron chi connectivity index (χ0n) is 15.3. The highest BCUT2D eigenvalue weighted by Crippen LogP contribution is 2.29. The molecular formula is C18H19N4O7-. The number of carboxylic acid groups (broad SMARTS) is 1. The first kappa shape index (κ1) is 19.3. The van der Waals surface area contributed by atoms with Crippen molar-refractivity contribution in [2.45, 2.75) is 24.3 Å². The van der Waals surface area contributed by atoms with Crippen molar-refractivity contribution in [3.63, 3.8) is 0 Å². The largest absolute Gasteiger partial charge is 0.548 e. The fourth-order valence-electron chi connectivity index (χ4n) is 3.38. The van der Waals surface area contributed by atoms with Crippen LogP contribution in [0.4, 0.5) is 5.95 Å². The number of anilines is 1. The van der Waals surface area contributed by atoms with Gasteiger partial charge < -0.3 is 39.2 Å². The van der Waals surface area contributed by atoms with Crippen LogP contribution in [0.25, 0.3) is 11.5 Å². The minimum atomic E-state index is -1.38. The molecule has 2 N–H and O–H groups in total. The highest BCUT2D eigenvalue weighted by Gasteiger charge is 2.48. The summed E-state index contributed by atoms with van der Waals surface area (Å²) < 4.78 is 21.7. The number of hydrogen-bond donors (Lipinski definition) is 2. The molecule has 0 saturated carbocycles. The van der Waals surface area contributed by atoms with Gasteiger partial charge >= 0.3 is 0 Å². The quantitative estimate of drug-likeness (QED) is 0.537. The van der Waals surface area contributed by atoms with Crippen molar-refractivity contribution in [1.82, 2.24) is 15.3 Å². The van der Waals surface area contributed by atoms with Crippen molar-refractivity contribution in [2.75, 3.05) is 31.7 Å². The summed E-state index contributed by atoms with van der Waals surface area (Å²) in [6, 6.07) is 4.79. The van der Waals surface area contributed by atoms with E-state index in [0.717, 1.165) is 0 Å². The molecule has 0 unspecified atom stereocenters. The van der Waals surface area contributed by atoms with Crippen LogP contribution in [0, 0.1) is 0 Å². The Morgan fingerprint density at radius 1 is 1.17 bits per heavy atom. The number of ether oxygens (including phenoxy) is 3. The highest BCUT2D eigenvalue weighted by atomic mass is 16.6. The molecule has 11 nitrogen and oxygen atoms in total. The van der Waals surface area contributed by atoms with Gasteiger partial charge in [-0.3, -0.25) is 4.79 Å². The van der Waals surface area contributed by atoms with E-state index in [4.69, 9.17) is 18.6 Å². The lowest BCUT2D eigenvalue weighted by Crippen LogP contribution is -2.46. The molecule has 4 heterocycles. The Balaban J connectivity index is 1.32. The third-order valence-corrected chi connectivity index (χ3v) is 4.60. The van der Waals surface area contributed by atoms with Gasteiger partial charge in [0.15, 0.2) is 5.76 Å². The normalized spacial score (nSPS) is 25.5. The van der Waals surface area contributed by atoms with Crippen LogP contribution in [-0.4, -0.2) is 72.6 Å². The van der Waals surface area contributed by atoms with E-state index >= 15 is 0 Å². The Hall–Kier alpha value is -3.02. The second kappa shape index (κ2) is 8.55. The first-order valence-electron chi connectivity index (χ1n) is 9.04. The number of furan rings is 1. The SMILES string of the molecule is O=C([O-])COCC(=O)N[C@H]1CO[C@H]2[C@@H]1OC[C@@H]2Nc1nccc(-c2ccco2)n1. The van der Waals surface area contributed by atoms with Gasteiger partial charge in [-0.05, 0) is 18.2 Å². The summed E-state index contributed by atoms with van der Waals surface area (Å²) in [4.78, 5) is 30.9. The van der Waals surface area contributed by atoms with E-state index < -0.39 is 18.5 Å². The Kier molecular flexibility index (Phi) is 5.69. The maximum absolute atomic E-state index is 11.9. The van der Waals surface area contributed by atoms with Crippen molar-refractivity contribution >= 4 is 17.8 Å². The van der Waals surface area contributed by atoms with Crippen LogP contribution in [-0.2, 0) is 23.8 Å².